The molecule has 26 heavy (non-hydrogen) atoms. The number of cyclic esters (lactones) is 1. The predicted octanol–water partition coefficient (Wildman–Crippen LogP) is 6.45. The van der Waals surface area contributed by atoms with E-state index in [2.05, 4.69) is 31.9 Å². The van der Waals surface area contributed by atoms with Gasteiger partial charge in [0, 0.05) is 20.1 Å². The normalized spacial score (nSPS) is 15.2. The summed E-state index contributed by atoms with van der Waals surface area (Å²) in [6.45, 7) is 0. The molecule has 0 spiro atoms. The van der Waals surface area contributed by atoms with E-state index in [9.17, 15) is 4.79 Å². The van der Waals surface area contributed by atoms with E-state index in [0.717, 1.165) is 25.8 Å². The lowest BCUT2D eigenvalue weighted by atomic mass is 10.1. The number of benzene rings is 2. The predicted molar refractivity (Wildman–Crippen MR) is 108 cm³/mol. The topological polar surface area (TPSA) is 39.4 Å². The molecule has 128 valence electrons. The van der Waals surface area contributed by atoms with Crippen molar-refractivity contribution >= 4 is 49.7 Å². The zero-order chi connectivity index (χ0) is 18.1. The first-order chi connectivity index (χ1) is 12.6. The fourth-order valence-corrected chi connectivity index (χ4v) is 3.13. The van der Waals surface area contributed by atoms with Gasteiger partial charge in [-0.1, -0.05) is 56.1 Å². The quantitative estimate of drug-likeness (QED) is 0.325. The van der Waals surface area contributed by atoms with Crippen LogP contribution >= 0.6 is 31.9 Å². The molecule has 0 atom stereocenters. The summed E-state index contributed by atoms with van der Waals surface area (Å²) in [7, 11) is 0. The lowest BCUT2D eigenvalue weighted by Gasteiger charge is -2.01. The largest absolute Gasteiger partial charge is 0.457 e. The maximum atomic E-state index is 12.1. The smallest absolute Gasteiger partial charge is 0.343 e. The van der Waals surface area contributed by atoms with Gasteiger partial charge in [0.25, 0.3) is 0 Å². The molecule has 1 aliphatic rings. The maximum Gasteiger partial charge on any atom is 0.343 e. The van der Waals surface area contributed by atoms with Gasteiger partial charge in [0.15, 0.2) is 0 Å². The highest BCUT2D eigenvalue weighted by molar-refractivity contribution is 9.10. The molecule has 3 aromatic rings. The number of carbonyl (C=O) groups excluding carboxylic acids is 1. The molecule has 3 nitrogen and oxygen atoms in total. The number of halogens is 2. The Morgan fingerprint density at radius 2 is 1.38 bits per heavy atom. The van der Waals surface area contributed by atoms with Crippen molar-refractivity contribution in [2.75, 3.05) is 0 Å². The van der Waals surface area contributed by atoms with Gasteiger partial charge < -0.3 is 9.15 Å². The van der Waals surface area contributed by atoms with Crippen molar-refractivity contribution in [3.05, 3.63) is 92.6 Å². The number of carbonyl (C=O) groups is 1. The molecular weight excluding hydrogens is 460 g/mol. The van der Waals surface area contributed by atoms with E-state index in [4.69, 9.17) is 9.15 Å². The molecule has 4 rings (SSSR count). The van der Waals surface area contributed by atoms with Gasteiger partial charge in [-0.15, -0.1) is 0 Å². The average Bonchev–Trinajstić information content (AvgIpc) is 3.24. The Morgan fingerprint density at radius 3 is 2.04 bits per heavy atom. The van der Waals surface area contributed by atoms with E-state index in [1.807, 2.05) is 60.7 Å². The zero-order valence-electron chi connectivity index (χ0n) is 13.4. The Kier molecular flexibility index (Phi) is 4.66. The minimum Gasteiger partial charge on any atom is -0.457 e. The molecule has 2 heterocycles. The Balaban J connectivity index is 1.61. The number of ether oxygens (including phenoxy) is 1. The third-order valence-electron chi connectivity index (χ3n) is 3.91. The molecule has 0 unspecified atom stereocenters. The van der Waals surface area contributed by atoms with E-state index in [-0.39, 0.29) is 5.97 Å². The molecule has 0 radical (unpaired) electrons. The van der Waals surface area contributed by atoms with Crippen LogP contribution in [0.2, 0.25) is 0 Å². The Morgan fingerprint density at radius 1 is 0.769 bits per heavy atom. The van der Waals surface area contributed by atoms with Gasteiger partial charge in [-0.2, -0.15) is 0 Å². The van der Waals surface area contributed by atoms with E-state index in [0.29, 0.717) is 17.1 Å². The van der Waals surface area contributed by atoms with Crippen molar-refractivity contribution in [3.63, 3.8) is 0 Å². The van der Waals surface area contributed by atoms with Gasteiger partial charge in [0.1, 0.15) is 17.3 Å². The van der Waals surface area contributed by atoms with Crippen LogP contribution in [0, 0.1) is 0 Å². The lowest BCUT2D eigenvalue weighted by molar-refractivity contribution is -0.130. The third kappa shape index (κ3) is 3.59. The number of esters is 1. The summed E-state index contributed by atoms with van der Waals surface area (Å²) in [5, 5.41) is 0. The Labute approximate surface area is 167 Å². The number of hydrogen-bond acceptors (Lipinski definition) is 3. The minimum absolute atomic E-state index is 0.385. The summed E-state index contributed by atoms with van der Waals surface area (Å²) in [5.74, 6) is 1.49. The van der Waals surface area contributed by atoms with Crippen molar-refractivity contribution < 1.29 is 13.9 Å². The van der Waals surface area contributed by atoms with Crippen LogP contribution in [-0.4, -0.2) is 5.97 Å². The van der Waals surface area contributed by atoms with Crippen molar-refractivity contribution in [2.24, 2.45) is 0 Å². The summed E-state index contributed by atoms with van der Waals surface area (Å²) in [5.41, 5.74) is 2.28. The highest BCUT2D eigenvalue weighted by Crippen LogP contribution is 2.30. The van der Waals surface area contributed by atoms with Crippen LogP contribution in [-0.2, 0) is 9.53 Å². The monoisotopic (exact) mass is 470 g/mol. The molecule has 0 saturated heterocycles. The minimum atomic E-state index is -0.385. The second-order valence-corrected chi connectivity index (χ2v) is 7.54. The number of rotatable bonds is 3. The van der Waals surface area contributed by atoms with Crippen LogP contribution in [0.15, 0.2) is 85.7 Å². The second-order valence-electron chi connectivity index (χ2n) is 5.71. The molecule has 0 fully saturated rings. The van der Waals surface area contributed by atoms with Crippen LogP contribution in [0.25, 0.3) is 23.2 Å². The van der Waals surface area contributed by atoms with Crippen molar-refractivity contribution in [1.82, 2.24) is 0 Å². The Hall–Kier alpha value is -2.37. The fourth-order valence-electron chi connectivity index (χ4n) is 2.60. The number of hydrogen-bond donors (Lipinski definition) is 0. The lowest BCUT2D eigenvalue weighted by Crippen LogP contribution is -1.96. The molecule has 0 amide bonds. The summed E-state index contributed by atoms with van der Waals surface area (Å²) in [6, 6.07) is 19.2. The van der Waals surface area contributed by atoms with E-state index in [1.54, 1.807) is 12.2 Å². The SMILES string of the molecule is O=C1OC(c2ccc(Br)cc2)=C/C1=C/c1ccc(-c2ccc(Br)cc2)o1. The van der Waals surface area contributed by atoms with Crippen LogP contribution in [0.1, 0.15) is 11.3 Å². The van der Waals surface area contributed by atoms with E-state index < -0.39 is 0 Å². The summed E-state index contributed by atoms with van der Waals surface area (Å²) in [4.78, 5) is 12.1. The standard InChI is InChI=1S/C21H12Br2O3/c22-16-5-1-13(2-6-16)19-10-9-18(25-19)11-15-12-20(26-21(15)24)14-3-7-17(23)8-4-14/h1-12H/b15-11-. The molecular formula is C21H12Br2O3. The van der Waals surface area contributed by atoms with Gasteiger partial charge in [0.2, 0.25) is 0 Å². The van der Waals surface area contributed by atoms with Crippen LogP contribution in [0.3, 0.4) is 0 Å². The number of furan rings is 1. The fraction of sp³-hybridized carbons (Fsp3) is 0. The zero-order valence-corrected chi connectivity index (χ0v) is 16.6. The molecule has 0 saturated carbocycles. The highest BCUT2D eigenvalue weighted by atomic mass is 79.9. The van der Waals surface area contributed by atoms with E-state index >= 15 is 0 Å². The third-order valence-corrected chi connectivity index (χ3v) is 4.96. The average molecular weight is 472 g/mol. The molecule has 1 aromatic heterocycles. The molecule has 1 aliphatic heterocycles. The summed E-state index contributed by atoms with van der Waals surface area (Å²) < 4.78 is 13.2. The van der Waals surface area contributed by atoms with Crippen molar-refractivity contribution in [1.29, 1.82) is 0 Å². The second kappa shape index (κ2) is 7.09. The molecule has 5 heteroatoms. The maximum absolute atomic E-state index is 12.1. The first-order valence-corrected chi connectivity index (χ1v) is 9.44. The molecule has 2 aromatic carbocycles. The van der Waals surface area contributed by atoms with Gasteiger partial charge in [-0.25, -0.2) is 4.79 Å². The van der Waals surface area contributed by atoms with Gasteiger partial charge >= 0.3 is 5.97 Å². The van der Waals surface area contributed by atoms with Crippen LogP contribution in [0.5, 0.6) is 0 Å². The van der Waals surface area contributed by atoms with E-state index in [1.165, 1.54) is 0 Å². The Bertz CT molecular complexity index is 1030. The summed E-state index contributed by atoms with van der Waals surface area (Å²) >= 11 is 6.81. The van der Waals surface area contributed by atoms with Gasteiger partial charge in [-0.3, -0.25) is 0 Å². The molecule has 0 bridgehead atoms. The van der Waals surface area contributed by atoms with Crippen LogP contribution in [0.4, 0.5) is 0 Å². The van der Waals surface area contributed by atoms with Gasteiger partial charge in [0.05, 0.1) is 5.57 Å². The molecule has 0 aliphatic carbocycles. The van der Waals surface area contributed by atoms with Crippen LogP contribution < -0.4 is 0 Å². The highest BCUT2D eigenvalue weighted by Gasteiger charge is 2.22. The summed E-state index contributed by atoms with van der Waals surface area (Å²) in [6.07, 6.45) is 3.42. The first-order valence-electron chi connectivity index (χ1n) is 7.86. The van der Waals surface area contributed by atoms with Gasteiger partial charge in [-0.05, 0) is 48.6 Å². The first kappa shape index (κ1) is 17.1. The molecule has 0 N–H and O–H groups in total. The van der Waals surface area contributed by atoms with Crippen molar-refractivity contribution in [2.45, 2.75) is 0 Å². The van der Waals surface area contributed by atoms with Crippen molar-refractivity contribution in [3.8, 4) is 11.3 Å².